The molecule has 0 aliphatic carbocycles. The smallest absolute Gasteiger partial charge is 0.259 e. The lowest BCUT2D eigenvalue weighted by Crippen LogP contribution is -2.32. The van der Waals surface area contributed by atoms with Gasteiger partial charge in [-0.2, -0.15) is 5.26 Å². The van der Waals surface area contributed by atoms with E-state index in [9.17, 15) is 10.1 Å². The van der Waals surface area contributed by atoms with E-state index in [0.717, 1.165) is 15.4 Å². The third kappa shape index (κ3) is 2.64. The first-order chi connectivity index (χ1) is 12.6. The fourth-order valence-corrected chi connectivity index (χ4v) is 4.72. The minimum atomic E-state index is -0.494. The van der Waals surface area contributed by atoms with Gasteiger partial charge < -0.3 is 15.0 Å². The van der Waals surface area contributed by atoms with Crippen molar-refractivity contribution in [3.05, 3.63) is 83.9 Å². The lowest BCUT2D eigenvalue weighted by Gasteiger charge is -2.26. The summed E-state index contributed by atoms with van der Waals surface area (Å²) < 4.78 is 7.37. The van der Waals surface area contributed by atoms with Gasteiger partial charge in [0.2, 0.25) is 5.88 Å². The molecule has 0 amide bonds. The van der Waals surface area contributed by atoms with Crippen LogP contribution in [0.4, 0.5) is 0 Å². The number of aryl methyl sites for hydroxylation is 1. The Morgan fingerprint density at radius 3 is 2.73 bits per heavy atom. The number of allylic oxidation sites excluding steroid dienone is 1. The van der Waals surface area contributed by atoms with Gasteiger partial charge in [-0.3, -0.25) is 4.79 Å². The number of pyridine rings is 1. The van der Waals surface area contributed by atoms with Gasteiger partial charge >= 0.3 is 0 Å². The van der Waals surface area contributed by atoms with Gasteiger partial charge in [-0.25, -0.2) is 0 Å². The van der Waals surface area contributed by atoms with Crippen LogP contribution in [0, 0.1) is 18.3 Å². The highest BCUT2D eigenvalue weighted by atomic mass is 32.1. The van der Waals surface area contributed by atoms with Crippen LogP contribution in [-0.2, 0) is 6.54 Å². The number of nitrogens with zero attached hydrogens (tertiary/aromatic N) is 2. The Hall–Kier alpha value is -2.82. The van der Waals surface area contributed by atoms with Gasteiger partial charge in [-0.05, 0) is 29.8 Å². The number of hydrogen-bond acceptors (Lipinski definition) is 6. The van der Waals surface area contributed by atoms with E-state index in [2.05, 4.69) is 6.07 Å². The van der Waals surface area contributed by atoms with Crippen molar-refractivity contribution in [3.8, 4) is 11.8 Å². The van der Waals surface area contributed by atoms with Crippen LogP contribution in [0.2, 0.25) is 0 Å². The van der Waals surface area contributed by atoms with E-state index >= 15 is 0 Å². The summed E-state index contributed by atoms with van der Waals surface area (Å²) in [5.74, 6) is 0.00414. The van der Waals surface area contributed by atoms with Gasteiger partial charge in [0.05, 0.1) is 18.0 Å². The van der Waals surface area contributed by atoms with Crippen molar-refractivity contribution in [2.24, 2.45) is 5.73 Å². The molecule has 0 saturated carbocycles. The van der Waals surface area contributed by atoms with Gasteiger partial charge in [-0.1, -0.05) is 12.1 Å². The van der Waals surface area contributed by atoms with E-state index in [4.69, 9.17) is 10.5 Å². The van der Waals surface area contributed by atoms with Crippen molar-refractivity contribution in [1.29, 1.82) is 5.26 Å². The van der Waals surface area contributed by atoms with Crippen molar-refractivity contribution in [1.82, 2.24) is 4.57 Å². The number of hydrogen-bond donors (Lipinski definition) is 1. The summed E-state index contributed by atoms with van der Waals surface area (Å²) in [5, 5.41) is 13.5. The minimum absolute atomic E-state index is 0.0632. The fourth-order valence-electron chi connectivity index (χ4n) is 3.18. The third-order valence-electron chi connectivity index (χ3n) is 4.41. The molecule has 0 saturated heterocycles. The Morgan fingerprint density at radius 2 is 2.08 bits per heavy atom. The lowest BCUT2D eigenvalue weighted by molar-refractivity contribution is 0.389. The Bertz CT molecular complexity index is 1090. The molecule has 0 unspecified atom stereocenters. The first kappa shape index (κ1) is 16.6. The van der Waals surface area contributed by atoms with E-state index in [1.807, 2.05) is 48.0 Å². The predicted molar refractivity (Wildman–Crippen MR) is 102 cm³/mol. The zero-order chi connectivity index (χ0) is 18.3. The number of nitrogens with two attached hydrogens (primary N) is 1. The van der Waals surface area contributed by atoms with Crippen LogP contribution < -0.4 is 16.0 Å². The number of thiophene rings is 2. The second kappa shape index (κ2) is 6.48. The number of nitriles is 1. The van der Waals surface area contributed by atoms with Crippen LogP contribution in [0.15, 0.2) is 57.3 Å². The van der Waals surface area contributed by atoms with E-state index < -0.39 is 5.92 Å². The molecule has 4 rings (SSSR count). The van der Waals surface area contributed by atoms with Gasteiger partial charge in [0, 0.05) is 21.5 Å². The molecular weight excluding hydrogens is 366 g/mol. The molecule has 130 valence electrons. The second-order valence-electron chi connectivity index (χ2n) is 5.97. The molecule has 0 radical (unpaired) electrons. The molecule has 0 spiro atoms. The Balaban J connectivity index is 1.94. The highest BCUT2D eigenvalue weighted by Crippen LogP contribution is 2.42. The summed E-state index contributed by atoms with van der Waals surface area (Å²) in [4.78, 5) is 15.3. The number of ether oxygens (including phenoxy) is 1. The number of rotatable bonds is 3. The van der Waals surface area contributed by atoms with Crippen molar-refractivity contribution < 1.29 is 4.74 Å². The maximum atomic E-state index is 13.4. The Labute approximate surface area is 158 Å². The summed E-state index contributed by atoms with van der Waals surface area (Å²) in [7, 11) is 0. The molecule has 1 atom stereocenters. The van der Waals surface area contributed by atoms with Crippen LogP contribution in [0.3, 0.4) is 0 Å². The van der Waals surface area contributed by atoms with Crippen molar-refractivity contribution in [2.45, 2.75) is 19.4 Å². The minimum Gasteiger partial charge on any atom is -0.440 e. The van der Waals surface area contributed by atoms with E-state index in [1.165, 1.54) is 11.3 Å². The SMILES string of the molecule is Cc1cc2c(c(=O)n1Cc1cccs1)[C@H](c1cccs1)C(C#N)=C(N)O2. The maximum Gasteiger partial charge on any atom is 0.259 e. The quantitative estimate of drug-likeness (QED) is 0.752. The van der Waals surface area contributed by atoms with Crippen molar-refractivity contribution in [2.75, 3.05) is 0 Å². The zero-order valence-electron chi connectivity index (χ0n) is 13.9. The molecule has 5 nitrogen and oxygen atoms in total. The molecule has 1 aliphatic rings. The Morgan fingerprint density at radius 1 is 1.31 bits per heavy atom. The summed E-state index contributed by atoms with van der Waals surface area (Å²) in [6.07, 6.45) is 0. The summed E-state index contributed by atoms with van der Waals surface area (Å²) in [6.45, 7) is 2.37. The first-order valence-electron chi connectivity index (χ1n) is 7.98. The summed E-state index contributed by atoms with van der Waals surface area (Å²) >= 11 is 3.10. The predicted octanol–water partition coefficient (Wildman–Crippen LogP) is 3.55. The normalized spacial score (nSPS) is 16.1. The second-order valence-corrected chi connectivity index (χ2v) is 7.99. The van der Waals surface area contributed by atoms with Crippen LogP contribution in [0.1, 0.15) is 26.9 Å². The van der Waals surface area contributed by atoms with Gasteiger partial charge in [0.15, 0.2) is 0 Å². The third-order valence-corrected chi connectivity index (χ3v) is 6.21. The van der Waals surface area contributed by atoms with Crippen molar-refractivity contribution in [3.63, 3.8) is 0 Å². The van der Waals surface area contributed by atoms with Crippen LogP contribution >= 0.6 is 22.7 Å². The van der Waals surface area contributed by atoms with Crippen LogP contribution in [-0.4, -0.2) is 4.57 Å². The molecule has 7 heteroatoms. The maximum absolute atomic E-state index is 13.4. The summed E-state index contributed by atoms with van der Waals surface area (Å²) in [6, 6.07) is 11.7. The molecule has 1 aliphatic heterocycles. The van der Waals surface area contributed by atoms with Crippen LogP contribution in [0.25, 0.3) is 0 Å². The van der Waals surface area contributed by atoms with E-state index in [0.29, 0.717) is 17.9 Å². The summed E-state index contributed by atoms with van der Waals surface area (Å²) in [5.41, 5.74) is 7.38. The highest BCUT2D eigenvalue weighted by Gasteiger charge is 2.34. The fraction of sp³-hybridized carbons (Fsp3) is 0.158. The van der Waals surface area contributed by atoms with Gasteiger partial charge in [0.25, 0.3) is 5.56 Å². The topological polar surface area (TPSA) is 81.0 Å². The molecule has 3 aromatic heterocycles. The number of aromatic nitrogens is 1. The molecule has 4 heterocycles. The largest absolute Gasteiger partial charge is 0.440 e. The first-order valence-corrected chi connectivity index (χ1v) is 9.73. The molecule has 2 N–H and O–H groups in total. The van der Waals surface area contributed by atoms with Gasteiger partial charge in [-0.15, -0.1) is 22.7 Å². The molecule has 0 aromatic carbocycles. The average molecular weight is 381 g/mol. The number of fused-ring (bicyclic) bond motifs is 1. The molecular formula is C19H15N3O2S2. The van der Waals surface area contributed by atoms with Crippen molar-refractivity contribution >= 4 is 22.7 Å². The molecule has 0 bridgehead atoms. The van der Waals surface area contributed by atoms with E-state index in [-0.39, 0.29) is 17.0 Å². The molecule has 3 aromatic rings. The van der Waals surface area contributed by atoms with Crippen LogP contribution in [0.5, 0.6) is 5.75 Å². The highest BCUT2D eigenvalue weighted by molar-refractivity contribution is 7.10. The molecule has 26 heavy (non-hydrogen) atoms. The van der Waals surface area contributed by atoms with E-state index in [1.54, 1.807) is 15.9 Å². The average Bonchev–Trinajstić information content (AvgIpc) is 3.31. The molecule has 0 fully saturated rings. The lowest BCUT2D eigenvalue weighted by atomic mass is 9.88. The standard InChI is InChI=1S/C19H15N3O2S2/c1-11-8-14-17(19(23)22(11)10-12-4-2-6-25-12)16(15-5-3-7-26-15)13(9-20)18(21)24-14/h2-8,16H,10,21H2,1H3/t16-/m0/s1. The van der Waals surface area contributed by atoms with Gasteiger partial charge in [0.1, 0.15) is 17.4 Å². The monoisotopic (exact) mass is 381 g/mol. The Kier molecular flexibility index (Phi) is 4.15. The zero-order valence-corrected chi connectivity index (χ0v) is 15.6.